The molecule has 0 saturated carbocycles. The molecular formula is C10H17N3OS. The molecule has 0 spiro atoms. The average Bonchev–Trinajstić information content (AvgIpc) is 2.89. The Bertz CT molecular complexity index is 309. The van der Waals surface area contributed by atoms with Gasteiger partial charge in [-0.25, -0.2) is 0 Å². The maximum absolute atomic E-state index is 5.50. The Labute approximate surface area is 94.0 Å². The number of nitrogens with zero attached hydrogens (tertiary/aromatic N) is 2. The van der Waals surface area contributed by atoms with Crippen molar-refractivity contribution in [2.45, 2.75) is 37.4 Å². The van der Waals surface area contributed by atoms with E-state index in [1.807, 2.05) is 11.8 Å². The van der Waals surface area contributed by atoms with E-state index in [0.29, 0.717) is 11.8 Å². The minimum Gasteiger partial charge on any atom is -0.339 e. The Kier molecular flexibility index (Phi) is 3.64. The maximum atomic E-state index is 5.50. The minimum atomic E-state index is 0.280. The summed E-state index contributed by atoms with van der Waals surface area (Å²) in [4.78, 5) is 4.46. The molecule has 15 heavy (non-hydrogen) atoms. The Balaban J connectivity index is 2.02. The Morgan fingerprint density at radius 2 is 2.53 bits per heavy atom. The van der Waals surface area contributed by atoms with Crippen molar-refractivity contribution in [1.29, 1.82) is 0 Å². The van der Waals surface area contributed by atoms with E-state index in [9.17, 15) is 0 Å². The zero-order valence-electron chi connectivity index (χ0n) is 8.98. The van der Waals surface area contributed by atoms with Gasteiger partial charge in [0.25, 0.3) is 0 Å². The maximum Gasteiger partial charge on any atom is 0.229 e. The first-order valence-electron chi connectivity index (χ1n) is 5.46. The molecule has 0 aliphatic carbocycles. The lowest BCUT2D eigenvalue weighted by Gasteiger charge is -2.02. The summed E-state index contributed by atoms with van der Waals surface area (Å²) in [5.74, 6) is 3.11. The van der Waals surface area contributed by atoms with Gasteiger partial charge in [-0.15, -0.1) is 0 Å². The number of aromatic nitrogens is 2. The molecule has 0 amide bonds. The zero-order valence-corrected chi connectivity index (χ0v) is 9.80. The third-order valence-electron chi connectivity index (χ3n) is 2.70. The van der Waals surface area contributed by atoms with Crippen molar-refractivity contribution in [1.82, 2.24) is 10.1 Å². The summed E-state index contributed by atoms with van der Waals surface area (Å²) in [5, 5.41) is 4.51. The van der Waals surface area contributed by atoms with E-state index in [1.54, 1.807) is 0 Å². The Morgan fingerprint density at radius 1 is 1.67 bits per heavy atom. The number of hydrogen-bond acceptors (Lipinski definition) is 5. The second-order valence-electron chi connectivity index (χ2n) is 3.97. The van der Waals surface area contributed by atoms with Crippen LogP contribution in [0.2, 0.25) is 0 Å². The van der Waals surface area contributed by atoms with Crippen molar-refractivity contribution >= 4 is 11.8 Å². The molecule has 1 saturated heterocycles. The molecule has 2 heterocycles. The highest BCUT2D eigenvalue weighted by molar-refractivity contribution is 7.99. The largest absolute Gasteiger partial charge is 0.339 e. The zero-order chi connectivity index (χ0) is 10.7. The second-order valence-corrected chi connectivity index (χ2v) is 5.28. The van der Waals surface area contributed by atoms with Crippen LogP contribution in [0.5, 0.6) is 0 Å². The van der Waals surface area contributed by atoms with Crippen LogP contribution in [-0.4, -0.2) is 22.4 Å². The van der Waals surface area contributed by atoms with E-state index in [0.717, 1.165) is 18.1 Å². The van der Waals surface area contributed by atoms with Crippen LogP contribution in [0, 0.1) is 0 Å². The van der Waals surface area contributed by atoms with Crippen molar-refractivity contribution in [3.8, 4) is 0 Å². The molecule has 2 atom stereocenters. The monoisotopic (exact) mass is 227 g/mol. The third-order valence-corrected chi connectivity index (χ3v) is 4.07. The highest BCUT2D eigenvalue weighted by Gasteiger charge is 2.24. The van der Waals surface area contributed by atoms with Crippen molar-refractivity contribution in [2.24, 2.45) is 5.73 Å². The fourth-order valence-corrected chi connectivity index (χ4v) is 2.93. The van der Waals surface area contributed by atoms with Crippen molar-refractivity contribution < 1.29 is 4.52 Å². The van der Waals surface area contributed by atoms with Crippen LogP contribution in [0.15, 0.2) is 4.52 Å². The van der Waals surface area contributed by atoms with E-state index in [-0.39, 0.29) is 5.92 Å². The van der Waals surface area contributed by atoms with Gasteiger partial charge in [0, 0.05) is 5.92 Å². The summed E-state index contributed by atoms with van der Waals surface area (Å²) in [6.45, 7) is 2.74. The number of thioether (sulfide) groups is 1. The Morgan fingerprint density at radius 3 is 3.20 bits per heavy atom. The summed E-state index contributed by atoms with van der Waals surface area (Å²) in [6, 6.07) is 0. The quantitative estimate of drug-likeness (QED) is 0.853. The van der Waals surface area contributed by atoms with Crippen LogP contribution in [0.3, 0.4) is 0 Å². The van der Waals surface area contributed by atoms with Crippen molar-refractivity contribution in [3.05, 3.63) is 11.7 Å². The van der Waals surface area contributed by atoms with Crippen LogP contribution < -0.4 is 5.73 Å². The molecule has 1 fully saturated rings. The molecule has 2 rings (SSSR count). The summed E-state index contributed by atoms with van der Waals surface area (Å²) in [5.41, 5.74) is 5.50. The summed E-state index contributed by atoms with van der Waals surface area (Å²) >= 11 is 1.92. The first-order chi connectivity index (χ1) is 7.31. The van der Waals surface area contributed by atoms with Gasteiger partial charge in [0.1, 0.15) is 0 Å². The highest BCUT2D eigenvalue weighted by atomic mass is 32.2. The molecule has 1 aliphatic heterocycles. The molecule has 0 aromatic carbocycles. The lowest BCUT2D eigenvalue weighted by molar-refractivity contribution is 0.350. The first kappa shape index (κ1) is 11.0. The summed E-state index contributed by atoms with van der Waals surface area (Å²) in [7, 11) is 0. The smallest absolute Gasteiger partial charge is 0.229 e. The molecule has 84 valence electrons. The van der Waals surface area contributed by atoms with Gasteiger partial charge in [-0.1, -0.05) is 12.1 Å². The van der Waals surface area contributed by atoms with E-state index in [2.05, 4.69) is 17.1 Å². The molecule has 4 nitrogen and oxygen atoms in total. The normalized spacial score (nSPS) is 23.2. The fourth-order valence-electron chi connectivity index (χ4n) is 1.73. The van der Waals surface area contributed by atoms with Crippen molar-refractivity contribution in [3.63, 3.8) is 0 Å². The molecule has 1 aliphatic rings. The van der Waals surface area contributed by atoms with Crippen molar-refractivity contribution in [2.75, 3.05) is 12.3 Å². The molecule has 1 aromatic heterocycles. The predicted molar refractivity (Wildman–Crippen MR) is 60.8 cm³/mol. The number of nitrogens with two attached hydrogens (primary N) is 1. The van der Waals surface area contributed by atoms with Crippen LogP contribution >= 0.6 is 11.8 Å². The van der Waals surface area contributed by atoms with Gasteiger partial charge in [0.05, 0.1) is 5.25 Å². The van der Waals surface area contributed by atoms with E-state index < -0.39 is 0 Å². The lowest BCUT2D eigenvalue weighted by atomic mass is 10.1. The molecule has 0 bridgehead atoms. The van der Waals surface area contributed by atoms with E-state index in [4.69, 9.17) is 10.3 Å². The Hall–Kier alpha value is -0.550. The van der Waals surface area contributed by atoms with Crippen LogP contribution in [-0.2, 0) is 0 Å². The SMILES string of the molecule is CC(CCN)c1nc(C2CCCS2)no1. The van der Waals surface area contributed by atoms with Gasteiger partial charge in [-0.05, 0) is 31.6 Å². The molecule has 2 unspecified atom stereocenters. The van der Waals surface area contributed by atoms with Crippen LogP contribution in [0.1, 0.15) is 49.1 Å². The van der Waals surface area contributed by atoms with Gasteiger partial charge in [0.15, 0.2) is 5.82 Å². The predicted octanol–water partition coefficient (Wildman–Crippen LogP) is 2.09. The lowest BCUT2D eigenvalue weighted by Crippen LogP contribution is -2.05. The summed E-state index contributed by atoms with van der Waals surface area (Å²) in [6.07, 6.45) is 3.34. The molecule has 1 aromatic rings. The van der Waals surface area contributed by atoms with E-state index >= 15 is 0 Å². The highest BCUT2D eigenvalue weighted by Crippen LogP contribution is 2.38. The third kappa shape index (κ3) is 2.52. The molecule has 2 N–H and O–H groups in total. The van der Waals surface area contributed by atoms with E-state index in [1.165, 1.54) is 18.6 Å². The standard InChI is InChI=1S/C10H17N3OS/c1-7(4-5-11)10-12-9(13-14-10)8-3-2-6-15-8/h7-8H,2-6,11H2,1H3. The van der Waals surface area contributed by atoms with Gasteiger partial charge >= 0.3 is 0 Å². The first-order valence-corrected chi connectivity index (χ1v) is 6.51. The van der Waals surface area contributed by atoms with Gasteiger partial charge in [0.2, 0.25) is 5.89 Å². The summed E-state index contributed by atoms with van der Waals surface area (Å²) < 4.78 is 5.26. The topological polar surface area (TPSA) is 64.9 Å². The van der Waals surface area contributed by atoms with Crippen LogP contribution in [0.4, 0.5) is 0 Å². The number of hydrogen-bond donors (Lipinski definition) is 1. The van der Waals surface area contributed by atoms with Gasteiger partial charge in [-0.3, -0.25) is 0 Å². The molecular weight excluding hydrogens is 210 g/mol. The van der Waals surface area contributed by atoms with Gasteiger partial charge in [-0.2, -0.15) is 16.7 Å². The minimum absolute atomic E-state index is 0.280. The fraction of sp³-hybridized carbons (Fsp3) is 0.800. The molecule has 0 radical (unpaired) electrons. The second kappa shape index (κ2) is 4.99. The van der Waals surface area contributed by atoms with Gasteiger partial charge < -0.3 is 10.3 Å². The molecule has 5 heteroatoms. The average molecular weight is 227 g/mol. The van der Waals surface area contributed by atoms with Crippen LogP contribution in [0.25, 0.3) is 0 Å². The number of rotatable bonds is 4.